The SMILES string of the molecule is COC(CN(C)C(=O)C1=CC(c2ccsc2)CC(OCc2ccc(CO)cc2)O1)OC. The van der Waals surface area contributed by atoms with Gasteiger partial charge in [-0.1, -0.05) is 24.3 Å². The molecule has 7 nitrogen and oxygen atoms in total. The number of ether oxygens (including phenoxy) is 4. The second-order valence-corrected chi connectivity index (χ2v) is 8.13. The third-order valence-corrected chi connectivity index (χ3v) is 5.88. The van der Waals surface area contributed by atoms with Gasteiger partial charge in [-0.15, -0.1) is 0 Å². The first-order valence-corrected chi connectivity index (χ1v) is 11.0. The average molecular weight is 448 g/mol. The molecule has 0 aliphatic carbocycles. The first-order valence-electron chi connectivity index (χ1n) is 10.1. The highest BCUT2D eigenvalue weighted by atomic mass is 32.1. The molecule has 1 aliphatic rings. The lowest BCUT2D eigenvalue weighted by atomic mass is 9.95. The lowest BCUT2D eigenvalue weighted by Crippen LogP contribution is -2.39. The summed E-state index contributed by atoms with van der Waals surface area (Å²) in [7, 11) is 4.75. The van der Waals surface area contributed by atoms with Gasteiger partial charge in [-0.2, -0.15) is 11.3 Å². The second-order valence-electron chi connectivity index (χ2n) is 7.35. The Morgan fingerprint density at radius 1 is 1.23 bits per heavy atom. The van der Waals surface area contributed by atoms with Gasteiger partial charge in [-0.3, -0.25) is 4.79 Å². The maximum absolute atomic E-state index is 13.0. The number of likely N-dealkylation sites (N-methyl/N-ethyl adjacent to an activating group) is 1. The summed E-state index contributed by atoms with van der Waals surface area (Å²) in [5.41, 5.74) is 2.95. The van der Waals surface area contributed by atoms with E-state index in [0.717, 1.165) is 16.7 Å². The van der Waals surface area contributed by atoms with Crippen molar-refractivity contribution in [3.63, 3.8) is 0 Å². The van der Waals surface area contributed by atoms with E-state index in [0.29, 0.717) is 13.0 Å². The van der Waals surface area contributed by atoms with Crippen molar-refractivity contribution in [1.82, 2.24) is 4.90 Å². The molecule has 2 unspecified atom stereocenters. The zero-order valence-electron chi connectivity index (χ0n) is 18.0. The number of carbonyl (C=O) groups excluding carboxylic acids is 1. The van der Waals surface area contributed by atoms with Gasteiger partial charge in [0.15, 0.2) is 12.0 Å². The van der Waals surface area contributed by atoms with Crippen molar-refractivity contribution in [2.75, 3.05) is 27.8 Å². The summed E-state index contributed by atoms with van der Waals surface area (Å²) in [5, 5.41) is 13.3. The van der Waals surface area contributed by atoms with E-state index in [9.17, 15) is 9.90 Å². The molecule has 1 aliphatic heterocycles. The van der Waals surface area contributed by atoms with Crippen LogP contribution in [0, 0.1) is 0 Å². The van der Waals surface area contributed by atoms with Crippen molar-refractivity contribution in [1.29, 1.82) is 0 Å². The van der Waals surface area contributed by atoms with E-state index in [1.165, 1.54) is 19.1 Å². The summed E-state index contributed by atoms with van der Waals surface area (Å²) < 4.78 is 22.3. The molecule has 31 heavy (non-hydrogen) atoms. The quantitative estimate of drug-likeness (QED) is 0.564. The maximum Gasteiger partial charge on any atom is 0.288 e. The summed E-state index contributed by atoms with van der Waals surface area (Å²) in [4.78, 5) is 14.5. The number of hydrogen-bond acceptors (Lipinski definition) is 7. The maximum atomic E-state index is 13.0. The molecule has 0 radical (unpaired) electrons. The Morgan fingerprint density at radius 3 is 2.55 bits per heavy atom. The molecule has 0 saturated carbocycles. The number of methoxy groups -OCH3 is 2. The first-order chi connectivity index (χ1) is 15.0. The zero-order valence-corrected chi connectivity index (χ0v) is 18.8. The molecule has 2 aromatic rings. The lowest BCUT2D eigenvalue weighted by molar-refractivity contribution is -0.160. The Hall–Kier alpha value is -2.23. The highest BCUT2D eigenvalue weighted by Crippen LogP contribution is 2.33. The van der Waals surface area contributed by atoms with Gasteiger partial charge >= 0.3 is 0 Å². The van der Waals surface area contributed by atoms with Crippen molar-refractivity contribution in [2.45, 2.75) is 38.1 Å². The number of benzene rings is 1. The van der Waals surface area contributed by atoms with Gasteiger partial charge in [-0.05, 0) is 39.6 Å². The van der Waals surface area contributed by atoms with Crippen LogP contribution >= 0.6 is 11.3 Å². The van der Waals surface area contributed by atoms with Crippen LogP contribution in [0.4, 0.5) is 0 Å². The number of allylic oxidation sites excluding steroid dienone is 1. The van der Waals surface area contributed by atoms with Crippen LogP contribution in [0.2, 0.25) is 0 Å². The number of rotatable bonds is 10. The highest BCUT2D eigenvalue weighted by molar-refractivity contribution is 7.08. The number of carbonyl (C=O) groups is 1. The summed E-state index contributed by atoms with van der Waals surface area (Å²) in [6, 6.07) is 9.60. The van der Waals surface area contributed by atoms with Crippen molar-refractivity contribution >= 4 is 17.2 Å². The molecule has 1 aromatic carbocycles. The Labute approximate surface area is 186 Å². The topological polar surface area (TPSA) is 77.5 Å². The third kappa shape index (κ3) is 6.38. The van der Waals surface area contributed by atoms with Gasteiger partial charge in [0.25, 0.3) is 5.91 Å². The number of thiophene rings is 1. The second kappa shape index (κ2) is 11.4. The minimum atomic E-state index is -0.555. The Morgan fingerprint density at radius 2 is 1.94 bits per heavy atom. The molecule has 0 fully saturated rings. The number of hydrogen-bond donors (Lipinski definition) is 1. The molecule has 1 N–H and O–H groups in total. The van der Waals surface area contributed by atoms with E-state index < -0.39 is 12.6 Å². The van der Waals surface area contributed by atoms with Crippen LogP contribution in [-0.2, 0) is 37.0 Å². The van der Waals surface area contributed by atoms with Crippen LogP contribution in [0.3, 0.4) is 0 Å². The Kier molecular flexibility index (Phi) is 8.62. The van der Waals surface area contributed by atoms with Gasteiger partial charge in [-0.25, -0.2) is 0 Å². The van der Waals surface area contributed by atoms with E-state index in [1.807, 2.05) is 35.7 Å². The predicted octanol–water partition coefficient (Wildman–Crippen LogP) is 3.25. The van der Waals surface area contributed by atoms with E-state index in [4.69, 9.17) is 18.9 Å². The van der Waals surface area contributed by atoms with Crippen LogP contribution in [0.5, 0.6) is 0 Å². The summed E-state index contributed by atoms with van der Waals surface area (Å²) in [5.74, 6) is 0.0335. The average Bonchev–Trinajstić information content (AvgIpc) is 3.36. The van der Waals surface area contributed by atoms with E-state index in [1.54, 1.807) is 18.4 Å². The minimum absolute atomic E-state index is 0.00593. The molecule has 3 rings (SSSR count). The monoisotopic (exact) mass is 447 g/mol. The smallest absolute Gasteiger partial charge is 0.288 e. The minimum Gasteiger partial charge on any atom is -0.459 e. The van der Waals surface area contributed by atoms with Gasteiger partial charge < -0.3 is 29.0 Å². The number of amides is 1. The van der Waals surface area contributed by atoms with Crippen LogP contribution in [0.1, 0.15) is 29.0 Å². The van der Waals surface area contributed by atoms with E-state index in [2.05, 4.69) is 11.4 Å². The van der Waals surface area contributed by atoms with Crippen LogP contribution in [-0.4, -0.2) is 56.3 Å². The Balaban J connectivity index is 1.70. The summed E-state index contributed by atoms with van der Waals surface area (Å²) in [6.07, 6.45) is 1.41. The molecule has 2 atom stereocenters. The molecule has 0 bridgehead atoms. The molecule has 8 heteroatoms. The molecule has 1 amide bonds. The van der Waals surface area contributed by atoms with Crippen molar-refractivity contribution < 1.29 is 28.8 Å². The normalized spacial score (nSPS) is 18.5. The fourth-order valence-electron chi connectivity index (χ4n) is 3.30. The highest BCUT2D eigenvalue weighted by Gasteiger charge is 2.31. The van der Waals surface area contributed by atoms with Crippen LogP contribution < -0.4 is 0 Å². The molecule has 1 aromatic heterocycles. The fraction of sp³-hybridized carbons (Fsp3) is 0.435. The largest absolute Gasteiger partial charge is 0.459 e. The standard InChI is InChI=1S/C23H29NO6S/c1-24(12-22(27-2)28-3)23(26)20-10-19(18-8-9-31-15-18)11-21(30-20)29-14-17-6-4-16(13-25)5-7-17/h4-10,15,19,21-22,25H,11-14H2,1-3H3. The van der Waals surface area contributed by atoms with Crippen LogP contribution in [0.25, 0.3) is 0 Å². The first kappa shape index (κ1) is 23.4. The van der Waals surface area contributed by atoms with E-state index >= 15 is 0 Å². The van der Waals surface area contributed by atoms with Gasteiger partial charge in [0.2, 0.25) is 6.29 Å². The van der Waals surface area contributed by atoms with Crippen molar-refractivity contribution in [2.24, 2.45) is 0 Å². The van der Waals surface area contributed by atoms with Crippen molar-refractivity contribution in [3.05, 3.63) is 69.6 Å². The van der Waals surface area contributed by atoms with Gasteiger partial charge in [0, 0.05) is 33.6 Å². The van der Waals surface area contributed by atoms with E-state index in [-0.39, 0.29) is 30.7 Å². The Bertz CT molecular complexity index is 847. The lowest BCUT2D eigenvalue weighted by Gasteiger charge is -2.31. The van der Waals surface area contributed by atoms with Gasteiger partial charge in [0.05, 0.1) is 19.8 Å². The number of nitrogens with zero attached hydrogens (tertiary/aromatic N) is 1. The van der Waals surface area contributed by atoms with Crippen molar-refractivity contribution in [3.8, 4) is 0 Å². The van der Waals surface area contributed by atoms with Crippen LogP contribution in [0.15, 0.2) is 52.9 Å². The number of aliphatic hydroxyl groups excluding tert-OH is 1. The third-order valence-electron chi connectivity index (χ3n) is 5.18. The fourth-order valence-corrected chi connectivity index (χ4v) is 4.02. The molecule has 0 spiro atoms. The molecule has 168 valence electrons. The van der Waals surface area contributed by atoms with Gasteiger partial charge in [0.1, 0.15) is 0 Å². The molecular formula is C23H29NO6S. The molecule has 2 heterocycles. The number of aliphatic hydroxyl groups is 1. The zero-order chi connectivity index (χ0) is 22.2. The summed E-state index contributed by atoms with van der Waals surface area (Å²) >= 11 is 1.62. The molecular weight excluding hydrogens is 418 g/mol. The summed E-state index contributed by atoms with van der Waals surface area (Å²) in [6.45, 7) is 0.629. The predicted molar refractivity (Wildman–Crippen MR) is 117 cm³/mol. The molecule has 0 saturated heterocycles.